The van der Waals surface area contributed by atoms with Crippen LogP contribution in [0.25, 0.3) is 0 Å². The average molecular weight is 416 g/mol. The number of amides is 1. The Hall–Kier alpha value is -2.58. The molecule has 29 heavy (non-hydrogen) atoms. The molecule has 0 radical (unpaired) electrons. The molecule has 2 heterocycles. The zero-order valence-electron chi connectivity index (χ0n) is 16.5. The third kappa shape index (κ3) is 3.95. The van der Waals surface area contributed by atoms with E-state index < -0.39 is 10.0 Å². The number of aryl methyl sites for hydroxylation is 2. The zero-order valence-corrected chi connectivity index (χ0v) is 17.3. The molecule has 0 aliphatic carbocycles. The molecule has 154 valence electrons. The van der Waals surface area contributed by atoms with E-state index in [-0.39, 0.29) is 18.7 Å². The molecule has 1 N–H and O–H groups in total. The number of carbonyl (C=O) groups excluding carboxylic acids is 1. The van der Waals surface area contributed by atoms with Crippen LogP contribution >= 0.6 is 0 Å². The van der Waals surface area contributed by atoms with Gasteiger partial charge in [0, 0.05) is 24.7 Å². The van der Waals surface area contributed by atoms with Gasteiger partial charge in [-0.25, -0.2) is 8.42 Å². The van der Waals surface area contributed by atoms with Crippen molar-refractivity contribution in [3.63, 3.8) is 0 Å². The molecule has 1 amide bonds. The first-order valence-electron chi connectivity index (χ1n) is 9.62. The molecule has 2 aromatic carbocycles. The molecule has 0 unspecified atom stereocenters. The zero-order chi connectivity index (χ0) is 20.6. The molecule has 2 aromatic rings. The fourth-order valence-electron chi connectivity index (χ4n) is 3.67. The van der Waals surface area contributed by atoms with Gasteiger partial charge in [-0.15, -0.1) is 0 Å². The van der Waals surface area contributed by atoms with E-state index in [0.29, 0.717) is 47.9 Å². The van der Waals surface area contributed by atoms with Crippen LogP contribution in [0.4, 0.5) is 0 Å². The number of carbonyl (C=O) groups is 1. The highest BCUT2D eigenvalue weighted by Crippen LogP contribution is 2.32. The highest BCUT2D eigenvalue weighted by atomic mass is 32.2. The predicted octanol–water partition coefficient (Wildman–Crippen LogP) is 2.62. The number of ether oxygens (including phenoxy) is 2. The van der Waals surface area contributed by atoms with Crippen molar-refractivity contribution < 1.29 is 22.7 Å². The number of piperidine rings is 1. The smallest absolute Gasteiger partial charge is 0.251 e. The van der Waals surface area contributed by atoms with E-state index in [1.165, 1.54) is 4.31 Å². The lowest BCUT2D eigenvalue weighted by molar-refractivity contribution is 0.0923. The Morgan fingerprint density at radius 1 is 1.03 bits per heavy atom. The first-order chi connectivity index (χ1) is 13.8. The molecule has 1 saturated heterocycles. The normalized spacial score (nSPS) is 17.3. The van der Waals surface area contributed by atoms with Gasteiger partial charge in [0.05, 0.1) is 4.90 Å². The summed E-state index contributed by atoms with van der Waals surface area (Å²) < 4.78 is 38.2. The van der Waals surface area contributed by atoms with E-state index in [9.17, 15) is 13.2 Å². The van der Waals surface area contributed by atoms with Crippen molar-refractivity contribution in [3.05, 3.63) is 53.1 Å². The van der Waals surface area contributed by atoms with E-state index in [1.807, 2.05) is 26.0 Å². The third-order valence-electron chi connectivity index (χ3n) is 5.39. The molecular formula is C21H24N2O5S. The first kappa shape index (κ1) is 19.7. The Balaban J connectivity index is 1.39. The van der Waals surface area contributed by atoms with Gasteiger partial charge in [-0.1, -0.05) is 12.1 Å². The number of hydrogen-bond donors (Lipinski definition) is 1. The number of fused-ring (bicyclic) bond motifs is 1. The van der Waals surface area contributed by atoms with Crippen LogP contribution in [0.1, 0.15) is 34.3 Å². The van der Waals surface area contributed by atoms with Crippen LogP contribution in [-0.4, -0.2) is 44.6 Å². The van der Waals surface area contributed by atoms with Crippen molar-refractivity contribution in [1.82, 2.24) is 9.62 Å². The Morgan fingerprint density at radius 2 is 1.76 bits per heavy atom. The number of benzene rings is 2. The van der Waals surface area contributed by atoms with Crippen LogP contribution < -0.4 is 14.8 Å². The molecule has 1 fully saturated rings. The average Bonchev–Trinajstić information content (AvgIpc) is 3.18. The fraction of sp³-hybridized carbons (Fsp3) is 0.381. The Labute approximate surface area is 170 Å². The highest BCUT2D eigenvalue weighted by Gasteiger charge is 2.31. The minimum absolute atomic E-state index is 0.0713. The second-order valence-corrected chi connectivity index (χ2v) is 9.40. The highest BCUT2D eigenvalue weighted by molar-refractivity contribution is 7.89. The topological polar surface area (TPSA) is 84.9 Å². The maximum atomic E-state index is 13.0. The van der Waals surface area contributed by atoms with Crippen LogP contribution in [0.2, 0.25) is 0 Å². The summed E-state index contributed by atoms with van der Waals surface area (Å²) in [5, 5.41) is 3.00. The summed E-state index contributed by atoms with van der Waals surface area (Å²) in [5.41, 5.74) is 2.16. The van der Waals surface area contributed by atoms with Gasteiger partial charge in [0.25, 0.3) is 5.91 Å². The van der Waals surface area contributed by atoms with Crippen LogP contribution in [0.5, 0.6) is 11.5 Å². The lowest BCUT2D eigenvalue weighted by Crippen LogP contribution is -2.46. The van der Waals surface area contributed by atoms with Gasteiger partial charge in [0.15, 0.2) is 11.5 Å². The van der Waals surface area contributed by atoms with E-state index in [0.717, 1.165) is 11.1 Å². The number of hydrogen-bond acceptors (Lipinski definition) is 5. The molecular weight excluding hydrogens is 392 g/mol. The maximum Gasteiger partial charge on any atom is 0.251 e. The van der Waals surface area contributed by atoms with Crippen molar-refractivity contribution in [2.75, 3.05) is 19.9 Å². The van der Waals surface area contributed by atoms with Crippen LogP contribution in [0.3, 0.4) is 0 Å². The predicted molar refractivity (Wildman–Crippen MR) is 108 cm³/mol. The van der Waals surface area contributed by atoms with Crippen LogP contribution in [-0.2, 0) is 10.0 Å². The molecule has 0 saturated carbocycles. The lowest BCUT2D eigenvalue weighted by Gasteiger charge is -2.32. The standard InChI is InChI=1S/C21H24N2O5S/c1-14-3-4-15(2)20(11-14)29(25,26)23-9-7-17(8-10-23)22-21(24)16-5-6-18-19(12-16)28-13-27-18/h3-6,11-12,17H,7-10,13H2,1-2H3,(H,22,24). The first-order valence-corrected chi connectivity index (χ1v) is 11.1. The Morgan fingerprint density at radius 3 is 2.52 bits per heavy atom. The summed E-state index contributed by atoms with van der Waals surface area (Å²) in [7, 11) is -3.54. The van der Waals surface area contributed by atoms with E-state index >= 15 is 0 Å². The molecule has 2 aliphatic rings. The van der Waals surface area contributed by atoms with Gasteiger partial charge < -0.3 is 14.8 Å². The SMILES string of the molecule is Cc1ccc(C)c(S(=O)(=O)N2CCC(NC(=O)c3ccc4c(c3)OCO4)CC2)c1. The third-order valence-corrected chi connectivity index (χ3v) is 7.43. The van der Waals surface area contributed by atoms with Gasteiger partial charge >= 0.3 is 0 Å². The molecule has 0 aromatic heterocycles. The molecule has 2 aliphatic heterocycles. The minimum atomic E-state index is -3.54. The molecule has 0 bridgehead atoms. The second-order valence-electron chi connectivity index (χ2n) is 7.49. The van der Waals surface area contributed by atoms with Crippen molar-refractivity contribution in [3.8, 4) is 11.5 Å². The second kappa shape index (κ2) is 7.68. The van der Waals surface area contributed by atoms with Crippen molar-refractivity contribution in [2.45, 2.75) is 37.6 Å². The van der Waals surface area contributed by atoms with Gasteiger partial charge in [-0.05, 0) is 62.1 Å². The maximum absolute atomic E-state index is 13.0. The largest absolute Gasteiger partial charge is 0.454 e. The minimum Gasteiger partial charge on any atom is -0.454 e. The molecule has 7 nitrogen and oxygen atoms in total. The van der Waals surface area contributed by atoms with Gasteiger partial charge in [-0.2, -0.15) is 4.31 Å². The number of nitrogens with one attached hydrogen (secondary N) is 1. The summed E-state index contributed by atoms with van der Waals surface area (Å²) in [6, 6.07) is 10.5. The van der Waals surface area contributed by atoms with Gasteiger partial charge in [0.2, 0.25) is 16.8 Å². The molecule has 8 heteroatoms. The quantitative estimate of drug-likeness (QED) is 0.828. The van der Waals surface area contributed by atoms with E-state index in [4.69, 9.17) is 9.47 Å². The number of nitrogens with zero attached hydrogens (tertiary/aromatic N) is 1. The summed E-state index contributed by atoms with van der Waals surface area (Å²) in [6.45, 7) is 4.61. The van der Waals surface area contributed by atoms with Crippen molar-refractivity contribution in [2.24, 2.45) is 0 Å². The van der Waals surface area contributed by atoms with E-state index in [1.54, 1.807) is 24.3 Å². The molecule has 0 spiro atoms. The summed E-state index contributed by atoms with van der Waals surface area (Å²) in [5.74, 6) is 0.998. The molecule has 0 atom stereocenters. The van der Waals surface area contributed by atoms with E-state index in [2.05, 4.69) is 5.32 Å². The Bertz CT molecular complexity index is 1040. The summed E-state index contributed by atoms with van der Waals surface area (Å²) >= 11 is 0. The fourth-order valence-corrected chi connectivity index (χ4v) is 5.45. The van der Waals surface area contributed by atoms with Crippen LogP contribution in [0, 0.1) is 13.8 Å². The van der Waals surface area contributed by atoms with Crippen LogP contribution in [0.15, 0.2) is 41.3 Å². The number of sulfonamides is 1. The Kier molecular flexibility index (Phi) is 5.23. The van der Waals surface area contributed by atoms with Gasteiger partial charge in [0.1, 0.15) is 0 Å². The number of rotatable bonds is 4. The molecule has 4 rings (SSSR count). The monoisotopic (exact) mass is 416 g/mol. The van der Waals surface area contributed by atoms with Crippen molar-refractivity contribution in [1.29, 1.82) is 0 Å². The lowest BCUT2D eigenvalue weighted by atomic mass is 10.1. The van der Waals surface area contributed by atoms with Crippen molar-refractivity contribution >= 4 is 15.9 Å². The summed E-state index contributed by atoms with van der Waals surface area (Å²) in [4.78, 5) is 12.9. The van der Waals surface area contributed by atoms with Gasteiger partial charge in [-0.3, -0.25) is 4.79 Å². The summed E-state index contributed by atoms with van der Waals surface area (Å²) in [6.07, 6.45) is 1.14.